The molecular weight excluding hydrogens is 567 g/mol. The van der Waals surface area contributed by atoms with Gasteiger partial charge in [0, 0.05) is 36.5 Å². The van der Waals surface area contributed by atoms with Gasteiger partial charge < -0.3 is 20.7 Å². The van der Waals surface area contributed by atoms with E-state index in [0.29, 0.717) is 11.8 Å². The molecule has 0 bridgehead atoms. The van der Waals surface area contributed by atoms with Crippen LogP contribution in [0.4, 0.5) is 22.0 Å². The topological polar surface area (TPSA) is 130 Å². The maximum absolute atomic E-state index is 14.0. The molecule has 15 heteroatoms. The summed E-state index contributed by atoms with van der Waals surface area (Å²) in [5.41, 5.74) is 2.97. The van der Waals surface area contributed by atoms with Crippen LogP contribution >= 0.6 is 0 Å². The number of pyridine rings is 1. The van der Waals surface area contributed by atoms with Crippen LogP contribution in [0.15, 0.2) is 47.7 Å². The molecule has 0 radical (unpaired) electrons. The number of piperidine rings is 1. The fourth-order valence-electron chi connectivity index (χ4n) is 4.71. The molecule has 1 saturated heterocycles. The monoisotopic (exact) mass is 596 g/mol. The van der Waals surface area contributed by atoms with Crippen LogP contribution in [0.2, 0.25) is 0 Å². The number of carbonyl (C=O) groups excluding carboxylic acids is 3. The van der Waals surface area contributed by atoms with E-state index in [1.807, 2.05) is 0 Å². The third-order valence-corrected chi connectivity index (χ3v) is 7.03. The molecule has 10 nitrogen and oxygen atoms in total. The SMILES string of the molecule is CC(C)(N)C(=O)N[C@H](COCc1ccc(F)cc1F)C(=O)N1CC[C@@]2(Cc3ccccn3)C(=O)N(C(F)(F)F)N=C2C1. The van der Waals surface area contributed by atoms with Crippen molar-refractivity contribution < 1.29 is 41.1 Å². The smallest absolute Gasteiger partial charge is 0.374 e. The molecule has 3 amide bonds. The van der Waals surface area contributed by atoms with Gasteiger partial charge in [0.2, 0.25) is 11.8 Å². The summed E-state index contributed by atoms with van der Waals surface area (Å²) < 4.78 is 73.9. The van der Waals surface area contributed by atoms with Crippen LogP contribution in [0.1, 0.15) is 31.5 Å². The molecule has 0 saturated carbocycles. The fourth-order valence-corrected chi connectivity index (χ4v) is 4.71. The number of halogens is 5. The molecule has 4 rings (SSSR count). The molecule has 2 aromatic rings. The van der Waals surface area contributed by atoms with Crippen molar-refractivity contribution in [2.45, 2.75) is 51.2 Å². The Morgan fingerprint density at radius 3 is 2.55 bits per heavy atom. The highest BCUT2D eigenvalue weighted by atomic mass is 19.4. The minimum absolute atomic E-state index is 0.00331. The summed E-state index contributed by atoms with van der Waals surface area (Å²) in [6, 6.07) is 6.33. The molecule has 226 valence electrons. The number of ether oxygens (including phenoxy) is 1. The molecule has 1 aromatic heterocycles. The van der Waals surface area contributed by atoms with Crippen LogP contribution in [-0.2, 0) is 32.1 Å². The Kier molecular flexibility index (Phi) is 8.64. The number of rotatable bonds is 9. The number of alkyl halides is 3. The molecule has 1 fully saturated rings. The molecular formula is C27H29F5N6O4. The maximum Gasteiger partial charge on any atom is 0.507 e. The highest BCUT2D eigenvalue weighted by molar-refractivity contribution is 6.14. The van der Waals surface area contributed by atoms with Gasteiger partial charge in [-0.1, -0.05) is 12.1 Å². The zero-order chi connectivity index (χ0) is 30.9. The van der Waals surface area contributed by atoms with E-state index in [4.69, 9.17) is 10.5 Å². The highest BCUT2D eigenvalue weighted by Crippen LogP contribution is 2.43. The van der Waals surface area contributed by atoms with Crippen molar-refractivity contribution in [2.24, 2.45) is 16.3 Å². The summed E-state index contributed by atoms with van der Waals surface area (Å²) in [6.07, 6.45) is -3.98. The summed E-state index contributed by atoms with van der Waals surface area (Å²) in [7, 11) is 0. The first-order valence-corrected chi connectivity index (χ1v) is 12.9. The van der Waals surface area contributed by atoms with Gasteiger partial charge in [-0.3, -0.25) is 19.4 Å². The number of fused-ring (bicyclic) bond motifs is 1. The van der Waals surface area contributed by atoms with Gasteiger partial charge in [-0.25, -0.2) is 8.78 Å². The zero-order valence-electron chi connectivity index (χ0n) is 22.8. The van der Waals surface area contributed by atoms with E-state index in [-0.39, 0.29) is 37.3 Å². The number of nitrogens with zero attached hydrogens (tertiary/aromatic N) is 4. The van der Waals surface area contributed by atoms with E-state index >= 15 is 0 Å². The molecule has 0 unspecified atom stereocenters. The third kappa shape index (κ3) is 6.57. The van der Waals surface area contributed by atoms with Crippen molar-refractivity contribution in [1.29, 1.82) is 0 Å². The molecule has 2 aliphatic rings. The molecule has 0 aliphatic carbocycles. The normalized spacial score (nSPS) is 19.8. The number of hydrogen-bond acceptors (Lipinski definition) is 7. The highest BCUT2D eigenvalue weighted by Gasteiger charge is 2.60. The number of aromatic nitrogens is 1. The maximum atomic E-state index is 14.0. The Hall–Kier alpha value is -3.98. The van der Waals surface area contributed by atoms with Crippen molar-refractivity contribution in [3.63, 3.8) is 0 Å². The summed E-state index contributed by atoms with van der Waals surface area (Å²) >= 11 is 0. The lowest BCUT2D eigenvalue weighted by atomic mass is 9.73. The van der Waals surface area contributed by atoms with Crippen LogP contribution in [-0.4, -0.2) is 75.9 Å². The predicted molar refractivity (Wildman–Crippen MR) is 138 cm³/mol. The zero-order valence-corrected chi connectivity index (χ0v) is 22.8. The number of benzene rings is 1. The Morgan fingerprint density at radius 1 is 1.19 bits per heavy atom. The Labute approximate surface area is 237 Å². The summed E-state index contributed by atoms with van der Waals surface area (Å²) in [5.74, 6) is -4.39. The van der Waals surface area contributed by atoms with Gasteiger partial charge in [-0.2, -0.15) is 5.10 Å². The molecule has 2 aliphatic heterocycles. The van der Waals surface area contributed by atoms with Crippen LogP contribution in [0.3, 0.4) is 0 Å². The summed E-state index contributed by atoms with van der Waals surface area (Å²) in [4.78, 5) is 44.7. The average Bonchev–Trinajstić information content (AvgIpc) is 3.20. The quantitative estimate of drug-likeness (QED) is 0.338. The van der Waals surface area contributed by atoms with Crippen LogP contribution in [0.25, 0.3) is 0 Å². The minimum atomic E-state index is -5.08. The molecule has 3 N–H and O–H groups in total. The van der Waals surface area contributed by atoms with Gasteiger partial charge in [0.1, 0.15) is 23.1 Å². The van der Waals surface area contributed by atoms with E-state index in [9.17, 15) is 36.3 Å². The fraction of sp³-hybridized carbons (Fsp3) is 0.444. The molecule has 0 spiro atoms. The number of likely N-dealkylation sites (tertiary alicyclic amines) is 1. The van der Waals surface area contributed by atoms with Crippen molar-refractivity contribution in [2.75, 3.05) is 19.7 Å². The minimum Gasteiger partial charge on any atom is -0.374 e. The van der Waals surface area contributed by atoms with E-state index < -0.39 is 70.8 Å². The second-order valence-electron chi connectivity index (χ2n) is 10.7. The number of amides is 3. The molecule has 3 heterocycles. The number of nitrogens with two attached hydrogens (primary N) is 1. The van der Waals surface area contributed by atoms with Crippen molar-refractivity contribution in [3.8, 4) is 0 Å². The van der Waals surface area contributed by atoms with E-state index in [1.165, 1.54) is 24.9 Å². The third-order valence-electron chi connectivity index (χ3n) is 7.03. The number of carbonyl (C=O) groups is 3. The second-order valence-corrected chi connectivity index (χ2v) is 10.7. The van der Waals surface area contributed by atoms with Gasteiger partial charge >= 0.3 is 6.30 Å². The average molecular weight is 597 g/mol. The van der Waals surface area contributed by atoms with Gasteiger partial charge in [-0.05, 0) is 38.5 Å². The lowest BCUT2D eigenvalue weighted by Gasteiger charge is -2.39. The number of nitrogens with one attached hydrogen (secondary N) is 1. The van der Waals surface area contributed by atoms with Crippen molar-refractivity contribution >= 4 is 23.4 Å². The van der Waals surface area contributed by atoms with Crippen LogP contribution in [0, 0.1) is 17.0 Å². The summed E-state index contributed by atoms with van der Waals surface area (Å²) in [6.45, 7) is 1.38. The summed E-state index contributed by atoms with van der Waals surface area (Å²) in [5, 5.41) is 5.54. The van der Waals surface area contributed by atoms with Crippen molar-refractivity contribution in [1.82, 2.24) is 20.2 Å². The lowest BCUT2D eigenvalue weighted by molar-refractivity contribution is -0.241. The Bertz CT molecular complexity index is 1380. The largest absolute Gasteiger partial charge is 0.507 e. The van der Waals surface area contributed by atoms with Crippen LogP contribution < -0.4 is 11.1 Å². The first-order valence-electron chi connectivity index (χ1n) is 12.9. The predicted octanol–water partition coefficient (Wildman–Crippen LogP) is 2.28. The Balaban J connectivity index is 1.56. The first kappa shape index (κ1) is 31.0. The second kappa shape index (κ2) is 11.7. The van der Waals surface area contributed by atoms with E-state index in [0.717, 1.165) is 12.1 Å². The Morgan fingerprint density at radius 2 is 1.93 bits per heavy atom. The van der Waals surface area contributed by atoms with Crippen molar-refractivity contribution in [3.05, 3.63) is 65.5 Å². The van der Waals surface area contributed by atoms with Crippen LogP contribution in [0.5, 0.6) is 0 Å². The number of hydrazone groups is 1. The van der Waals surface area contributed by atoms with E-state index in [2.05, 4.69) is 15.4 Å². The van der Waals surface area contributed by atoms with Gasteiger partial charge in [-0.15, -0.1) is 18.2 Å². The molecule has 1 aromatic carbocycles. The first-order chi connectivity index (χ1) is 19.6. The van der Waals surface area contributed by atoms with Gasteiger partial charge in [0.15, 0.2) is 0 Å². The molecule has 2 atom stereocenters. The molecule has 42 heavy (non-hydrogen) atoms. The standard InChI is InChI=1S/C27H29F5N6O4/c1-25(2,33)23(40)35-20(15-42-14-16-6-7-17(28)11-19(16)29)22(39)37-10-8-26(12-18-5-3-4-9-34-18)21(13-37)36-38(24(26)41)27(30,31)32/h3-7,9,11,20H,8,10,12-15,33H2,1-2H3,(H,35,40)/t20-,26+/m1/s1. The van der Waals surface area contributed by atoms with E-state index in [1.54, 1.807) is 18.2 Å². The van der Waals surface area contributed by atoms with Gasteiger partial charge in [0.05, 0.1) is 31.0 Å². The number of hydrogen-bond donors (Lipinski definition) is 2. The van der Waals surface area contributed by atoms with Gasteiger partial charge in [0.25, 0.3) is 5.91 Å². The lowest BCUT2D eigenvalue weighted by Crippen LogP contribution is -2.60.